The third-order valence-corrected chi connectivity index (χ3v) is 3.89. The van der Waals surface area contributed by atoms with Gasteiger partial charge in [0.1, 0.15) is 5.82 Å². The fraction of sp³-hybridized carbons (Fsp3) is 0.562. The summed E-state index contributed by atoms with van der Waals surface area (Å²) >= 11 is 0. The SMILES string of the molecule is Cc1ccc(NC(=O)C[NH+]2C[C@@H](C)C[C@H](C)C2)c(F)c1. The summed E-state index contributed by atoms with van der Waals surface area (Å²) in [6.45, 7) is 8.75. The Labute approximate surface area is 120 Å². The van der Waals surface area contributed by atoms with Crippen LogP contribution in [0, 0.1) is 24.6 Å². The van der Waals surface area contributed by atoms with Gasteiger partial charge in [0, 0.05) is 11.8 Å². The molecule has 3 nitrogen and oxygen atoms in total. The van der Waals surface area contributed by atoms with Crippen LogP contribution in [0.1, 0.15) is 25.8 Å². The van der Waals surface area contributed by atoms with Crippen molar-refractivity contribution in [2.45, 2.75) is 27.2 Å². The minimum Gasteiger partial charge on any atom is -0.327 e. The molecule has 0 bridgehead atoms. The summed E-state index contributed by atoms with van der Waals surface area (Å²) in [6.07, 6.45) is 1.23. The molecule has 1 aromatic carbocycles. The molecule has 1 aromatic rings. The second kappa shape index (κ2) is 6.35. The zero-order valence-corrected chi connectivity index (χ0v) is 12.5. The topological polar surface area (TPSA) is 33.5 Å². The average Bonchev–Trinajstić information content (AvgIpc) is 2.31. The van der Waals surface area contributed by atoms with Crippen LogP contribution in [0.4, 0.5) is 10.1 Å². The molecule has 4 heteroatoms. The second-order valence-electron chi connectivity index (χ2n) is 6.31. The van der Waals surface area contributed by atoms with E-state index < -0.39 is 0 Å². The van der Waals surface area contributed by atoms with Gasteiger partial charge in [0.2, 0.25) is 0 Å². The summed E-state index contributed by atoms with van der Waals surface area (Å²) in [4.78, 5) is 13.3. The number of nitrogens with one attached hydrogen (secondary N) is 2. The maximum absolute atomic E-state index is 13.7. The number of carbonyl (C=O) groups is 1. The number of halogens is 1. The number of likely N-dealkylation sites (tertiary alicyclic amines) is 1. The first kappa shape index (κ1) is 15.0. The van der Waals surface area contributed by atoms with Crippen molar-refractivity contribution in [3.8, 4) is 0 Å². The third kappa shape index (κ3) is 4.04. The Morgan fingerprint density at radius 1 is 1.35 bits per heavy atom. The molecule has 0 unspecified atom stereocenters. The van der Waals surface area contributed by atoms with Crippen molar-refractivity contribution >= 4 is 11.6 Å². The summed E-state index contributed by atoms with van der Waals surface area (Å²) < 4.78 is 13.7. The molecule has 2 rings (SSSR count). The molecule has 0 aromatic heterocycles. The highest BCUT2D eigenvalue weighted by Gasteiger charge is 2.26. The van der Waals surface area contributed by atoms with Gasteiger partial charge in [0.25, 0.3) is 5.91 Å². The normalized spacial score (nSPS) is 26.3. The van der Waals surface area contributed by atoms with E-state index in [1.54, 1.807) is 12.1 Å². The van der Waals surface area contributed by atoms with E-state index in [0.717, 1.165) is 18.7 Å². The summed E-state index contributed by atoms with van der Waals surface area (Å²) in [6, 6.07) is 4.86. The minimum absolute atomic E-state index is 0.107. The molecule has 1 saturated heterocycles. The molecule has 1 amide bonds. The van der Waals surface area contributed by atoms with Crippen LogP contribution in [0.3, 0.4) is 0 Å². The molecule has 0 saturated carbocycles. The van der Waals surface area contributed by atoms with Gasteiger partial charge in [-0.1, -0.05) is 19.9 Å². The lowest BCUT2D eigenvalue weighted by Gasteiger charge is -2.31. The molecule has 0 radical (unpaired) electrons. The van der Waals surface area contributed by atoms with E-state index in [1.165, 1.54) is 17.4 Å². The predicted octanol–water partition coefficient (Wildman–Crippen LogP) is 1.63. The molecule has 0 spiro atoms. The summed E-state index contributed by atoms with van der Waals surface area (Å²) in [5.74, 6) is 0.827. The quantitative estimate of drug-likeness (QED) is 0.866. The lowest BCUT2D eigenvalue weighted by molar-refractivity contribution is -0.904. The Morgan fingerprint density at radius 2 is 2.00 bits per heavy atom. The van der Waals surface area contributed by atoms with Gasteiger partial charge in [-0.05, 0) is 31.0 Å². The van der Waals surface area contributed by atoms with Crippen molar-refractivity contribution in [2.24, 2.45) is 11.8 Å². The molecule has 2 N–H and O–H groups in total. The number of quaternary nitrogens is 1. The molecule has 1 aliphatic heterocycles. The molecule has 1 fully saturated rings. The number of hydrogen-bond donors (Lipinski definition) is 2. The van der Waals surface area contributed by atoms with Crippen molar-refractivity contribution < 1.29 is 14.1 Å². The van der Waals surface area contributed by atoms with E-state index in [2.05, 4.69) is 19.2 Å². The molecular weight excluding hydrogens is 255 g/mol. The molecular formula is C16H24FN2O+. The molecule has 2 atom stereocenters. The molecule has 1 aliphatic rings. The Morgan fingerprint density at radius 3 is 2.60 bits per heavy atom. The average molecular weight is 279 g/mol. The van der Waals surface area contributed by atoms with Gasteiger partial charge in [-0.2, -0.15) is 0 Å². The fourth-order valence-electron chi connectivity index (χ4n) is 3.21. The Kier molecular flexibility index (Phi) is 4.76. The smallest absolute Gasteiger partial charge is 0.279 e. The first-order valence-electron chi connectivity index (χ1n) is 7.33. The van der Waals surface area contributed by atoms with Crippen LogP contribution in [0.25, 0.3) is 0 Å². The predicted molar refractivity (Wildman–Crippen MR) is 78.3 cm³/mol. The number of carbonyl (C=O) groups excluding carboxylic acids is 1. The van der Waals surface area contributed by atoms with Crippen LogP contribution in [-0.4, -0.2) is 25.5 Å². The third-order valence-electron chi connectivity index (χ3n) is 3.89. The Bertz CT molecular complexity index is 479. The zero-order chi connectivity index (χ0) is 14.7. The summed E-state index contributed by atoms with van der Waals surface area (Å²) in [7, 11) is 0. The highest BCUT2D eigenvalue weighted by Crippen LogP contribution is 2.15. The number of rotatable bonds is 3. The van der Waals surface area contributed by atoms with Gasteiger partial charge in [-0.3, -0.25) is 4.79 Å². The first-order chi connectivity index (χ1) is 9.44. The molecule has 1 heterocycles. The van der Waals surface area contributed by atoms with Crippen molar-refractivity contribution in [1.29, 1.82) is 0 Å². The minimum atomic E-state index is -0.367. The number of amides is 1. The summed E-state index contributed by atoms with van der Waals surface area (Å²) in [5.41, 5.74) is 1.13. The standard InChI is InChI=1S/C16H23FN2O/c1-11-4-5-15(14(17)7-11)18-16(20)10-19-8-12(2)6-13(3)9-19/h4-5,7,12-13H,6,8-10H2,1-3H3,(H,18,20)/p+1/t12-,13-/m0/s1. The highest BCUT2D eigenvalue weighted by molar-refractivity contribution is 5.91. The molecule has 110 valence electrons. The maximum atomic E-state index is 13.7. The van der Waals surface area contributed by atoms with E-state index in [1.807, 2.05) is 6.92 Å². The van der Waals surface area contributed by atoms with Gasteiger partial charge in [0.05, 0.1) is 18.8 Å². The molecule has 20 heavy (non-hydrogen) atoms. The Hall–Kier alpha value is -1.42. The number of anilines is 1. The van der Waals surface area contributed by atoms with E-state index in [-0.39, 0.29) is 17.4 Å². The van der Waals surface area contributed by atoms with Crippen molar-refractivity contribution in [2.75, 3.05) is 25.0 Å². The van der Waals surface area contributed by atoms with E-state index in [4.69, 9.17) is 0 Å². The van der Waals surface area contributed by atoms with Crippen molar-refractivity contribution in [1.82, 2.24) is 0 Å². The number of piperidine rings is 1. The van der Waals surface area contributed by atoms with Crippen molar-refractivity contribution in [3.05, 3.63) is 29.6 Å². The lowest BCUT2D eigenvalue weighted by atomic mass is 9.92. The number of benzene rings is 1. The van der Waals surface area contributed by atoms with Crippen LogP contribution in [0.5, 0.6) is 0 Å². The van der Waals surface area contributed by atoms with Gasteiger partial charge >= 0.3 is 0 Å². The van der Waals surface area contributed by atoms with Gasteiger partial charge in [-0.15, -0.1) is 0 Å². The van der Waals surface area contributed by atoms with E-state index in [9.17, 15) is 9.18 Å². The van der Waals surface area contributed by atoms with Crippen LogP contribution in [0.15, 0.2) is 18.2 Å². The van der Waals surface area contributed by atoms with Crippen LogP contribution in [0.2, 0.25) is 0 Å². The zero-order valence-electron chi connectivity index (χ0n) is 12.5. The van der Waals surface area contributed by atoms with Crippen LogP contribution in [-0.2, 0) is 4.79 Å². The number of hydrogen-bond acceptors (Lipinski definition) is 1. The molecule has 0 aliphatic carbocycles. The number of aryl methyl sites for hydroxylation is 1. The van der Waals surface area contributed by atoms with E-state index in [0.29, 0.717) is 18.4 Å². The first-order valence-corrected chi connectivity index (χ1v) is 7.33. The summed E-state index contributed by atoms with van der Waals surface area (Å²) in [5, 5.41) is 2.68. The monoisotopic (exact) mass is 279 g/mol. The maximum Gasteiger partial charge on any atom is 0.279 e. The van der Waals surface area contributed by atoms with E-state index >= 15 is 0 Å². The Balaban J connectivity index is 1.92. The lowest BCUT2D eigenvalue weighted by Crippen LogP contribution is -3.15. The van der Waals surface area contributed by atoms with Crippen LogP contribution < -0.4 is 10.2 Å². The largest absolute Gasteiger partial charge is 0.327 e. The van der Waals surface area contributed by atoms with Crippen molar-refractivity contribution in [3.63, 3.8) is 0 Å². The highest BCUT2D eigenvalue weighted by atomic mass is 19.1. The fourth-order valence-corrected chi connectivity index (χ4v) is 3.21. The van der Waals surface area contributed by atoms with Gasteiger partial charge in [0.15, 0.2) is 6.54 Å². The van der Waals surface area contributed by atoms with Gasteiger partial charge in [-0.25, -0.2) is 4.39 Å². The van der Waals surface area contributed by atoms with Crippen LogP contribution >= 0.6 is 0 Å². The van der Waals surface area contributed by atoms with Gasteiger partial charge < -0.3 is 10.2 Å². The second-order valence-corrected chi connectivity index (χ2v) is 6.31.